The molecule has 5 atom stereocenters. The summed E-state index contributed by atoms with van der Waals surface area (Å²) in [5, 5.41) is 30.7. The van der Waals surface area contributed by atoms with Gasteiger partial charge in [-0.1, -0.05) is 30.4 Å². The number of benzene rings is 1. The van der Waals surface area contributed by atoms with Gasteiger partial charge in [0.05, 0.1) is 24.4 Å². The minimum absolute atomic E-state index is 0.00897. The first-order valence-electron chi connectivity index (χ1n) is 10.9. The molecular formula is C24H31F3O6. The van der Waals surface area contributed by atoms with Crippen molar-refractivity contribution < 1.29 is 42.8 Å². The zero-order valence-electron chi connectivity index (χ0n) is 18.4. The molecule has 1 aliphatic rings. The van der Waals surface area contributed by atoms with Crippen molar-refractivity contribution in [2.75, 3.05) is 13.2 Å². The van der Waals surface area contributed by atoms with Crippen LogP contribution in [0, 0.1) is 11.8 Å². The number of rotatable bonds is 11. The number of ether oxygens (including phenoxy) is 2. The lowest BCUT2D eigenvalue weighted by molar-refractivity contribution is -0.141. The number of alkyl halides is 3. The molecule has 0 saturated heterocycles. The van der Waals surface area contributed by atoms with E-state index in [9.17, 15) is 33.3 Å². The average molecular weight is 473 g/mol. The molecule has 1 aliphatic carbocycles. The first-order valence-corrected chi connectivity index (χ1v) is 10.9. The molecule has 0 aromatic heterocycles. The minimum Gasteiger partial charge on any atom is -0.491 e. The largest absolute Gasteiger partial charge is 0.491 e. The van der Waals surface area contributed by atoms with E-state index < -0.39 is 30.1 Å². The number of allylic oxidation sites excluding steroid dienone is 2. The van der Waals surface area contributed by atoms with Crippen LogP contribution in [0.15, 0.2) is 48.6 Å². The zero-order valence-corrected chi connectivity index (χ0v) is 18.4. The van der Waals surface area contributed by atoms with E-state index in [0.29, 0.717) is 25.9 Å². The molecule has 1 saturated carbocycles. The third kappa shape index (κ3) is 9.19. The molecule has 1 fully saturated rings. The highest BCUT2D eigenvalue weighted by Crippen LogP contribution is 2.36. The minimum atomic E-state index is -4.48. The molecule has 9 heteroatoms. The van der Waals surface area contributed by atoms with Crippen LogP contribution in [0.4, 0.5) is 13.2 Å². The number of hydrogen-bond donors (Lipinski definition) is 3. The summed E-state index contributed by atoms with van der Waals surface area (Å²) in [6, 6.07) is 4.40. The molecule has 0 heterocycles. The van der Waals surface area contributed by atoms with Gasteiger partial charge in [-0.15, -0.1) is 0 Å². The number of halogens is 3. The van der Waals surface area contributed by atoms with E-state index in [0.717, 1.165) is 12.1 Å². The van der Waals surface area contributed by atoms with E-state index in [1.54, 1.807) is 6.08 Å². The molecule has 2 rings (SSSR count). The normalized spacial score (nSPS) is 24.5. The van der Waals surface area contributed by atoms with E-state index >= 15 is 0 Å². The second kappa shape index (κ2) is 12.8. The van der Waals surface area contributed by atoms with Gasteiger partial charge in [0.15, 0.2) is 0 Å². The fourth-order valence-corrected chi connectivity index (χ4v) is 3.75. The maximum absolute atomic E-state index is 12.8. The van der Waals surface area contributed by atoms with Gasteiger partial charge in [-0.05, 0) is 43.4 Å². The molecule has 0 spiro atoms. The average Bonchev–Trinajstić information content (AvgIpc) is 3.01. The number of carbonyl (C=O) groups is 1. The second-order valence-electron chi connectivity index (χ2n) is 8.09. The first kappa shape index (κ1) is 26.9. The van der Waals surface area contributed by atoms with Crippen molar-refractivity contribution in [1.82, 2.24) is 0 Å². The number of aliphatic hydroxyl groups is 3. The van der Waals surface area contributed by atoms with Gasteiger partial charge >= 0.3 is 12.1 Å². The van der Waals surface area contributed by atoms with E-state index in [4.69, 9.17) is 9.47 Å². The highest BCUT2D eigenvalue weighted by atomic mass is 19.4. The van der Waals surface area contributed by atoms with Crippen molar-refractivity contribution in [3.8, 4) is 5.75 Å². The molecular weight excluding hydrogens is 441 g/mol. The van der Waals surface area contributed by atoms with Crippen molar-refractivity contribution in [3.05, 3.63) is 54.1 Å². The molecule has 0 radical (unpaired) electrons. The Morgan fingerprint density at radius 1 is 1.24 bits per heavy atom. The monoisotopic (exact) mass is 472 g/mol. The Labute approximate surface area is 191 Å². The SMILES string of the molecule is CC(=O)OCCC/C=C\C[C@@H]1[C@@H](/C=C/[C@@H](O)COc2cccc(C(F)(F)F)c2)[C@H](O)C[C@@H]1O. The Morgan fingerprint density at radius 2 is 2.00 bits per heavy atom. The van der Waals surface area contributed by atoms with Crippen LogP contribution >= 0.6 is 0 Å². The van der Waals surface area contributed by atoms with Crippen LogP contribution in [0.2, 0.25) is 0 Å². The molecule has 184 valence electrons. The fraction of sp³-hybridized carbons (Fsp3) is 0.542. The lowest BCUT2D eigenvalue weighted by Crippen LogP contribution is -2.21. The highest BCUT2D eigenvalue weighted by Gasteiger charge is 2.39. The van der Waals surface area contributed by atoms with Gasteiger partial charge in [-0.25, -0.2) is 0 Å². The van der Waals surface area contributed by atoms with Crippen LogP contribution in [-0.4, -0.2) is 52.8 Å². The van der Waals surface area contributed by atoms with Crippen LogP contribution in [0.5, 0.6) is 5.75 Å². The Bertz CT molecular complexity index is 808. The quantitative estimate of drug-likeness (QED) is 0.259. The van der Waals surface area contributed by atoms with Gasteiger partial charge in [0.25, 0.3) is 0 Å². The number of esters is 1. The highest BCUT2D eigenvalue weighted by molar-refractivity contribution is 5.65. The lowest BCUT2D eigenvalue weighted by Gasteiger charge is -2.19. The van der Waals surface area contributed by atoms with Crippen LogP contribution in [0.25, 0.3) is 0 Å². The molecule has 33 heavy (non-hydrogen) atoms. The summed E-state index contributed by atoms with van der Waals surface area (Å²) in [5.74, 6) is -0.948. The van der Waals surface area contributed by atoms with Crippen LogP contribution in [0.3, 0.4) is 0 Å². The van der Waals surface area contributed by atoms with Crippen molar-refractivity contribution in [2.45, 2.75) is 57.1 Å². The summed E-state index contributed by atoms with van der Waals surface area (Å²) < 4.78 is 48.5. The summed E-state index contributed by atoms with van der Waals surface area (Å²) in [4.78, 5) is 10.7. The lowest BCUT2D eigenvalue weighted by atomic mass is 9.89. The first-order chi connectivity index (χ1) is 15.6. The van der Waals surface area contributed by atoms with Crippen molar-refractivity contribution in [1.29, 1.82) is 0 Å². The third-order valence-electron chi connectivity index (χ3n) is 5.45. The zero-order chi connectivity index (χ0) is 24.4. The molecule has 6 nitrogen and oxygen atoms in total. The van der Waals surface area contributed by atoms with Gasteiger partial charge < -0.3 is 24.8 Å². The molecule has 3 N–H and O–H groups in total. The van der Waals surface area contributed by atoms with Crippen molar-refractivity contribution >= 4 is 5.97 Å². The van der Waals surface area contributed by atoms with Crippen LogP contribution in [-0.2, 0) is 15.7 Å². The van der Waals surface area contributed by atoms with Gasteiger partial charge in [0.1, 0.15) is 18.5 Å². The van der Waals surface area contributed by atoms with Gasteiger partial charge in [0, 0.05) is 19.3 Å². The van der Waals surface area contributed by atoms with Gasteiger partial charge in [-0.3, -0.25) is 4.79 Å². The van der Waals surface area contributed by atoms with E-state index in [2.05, 4.69) is 0 Å². The van der Waals surface area contributed by atoms with E-state index in [1.165, 1.54) is 25.1 Å². The topological polar surface area (TPSA) is 96.2 Å². The van der Waals surface area contributed by atoms with Crippen LogP contribution in [0.1, 0.15) is 38.2 Å². The molecule has 0 amide bonds. The standard InChI is InChI=1S/C24H31F3O6/c1-16(28)32-12-5-3-2-4-9-20-21(23(31)14-22(20)30)11-10-18(29)15-33-19-8-6-7-17(13-19)24(25,26)27/h2,4,6-8,10-11,13,18,20-23,29-31H,3,5,9,12,14-15H2,1H3/b4-2-,11-10+/t18-,20-,21-,22+,23-/m1/s1. The van der Waals surface area contributed by atoms with Crippen molar-refractivity contribution in [2.24, 2.45) is 11.8 Å². The van der Waals surface area contributed by atoms with Gasteiger partial charge in [-0.2, -0.15) is 13.2 Å². The summed E-state index contributed by atoms with van der Waals surface area (Å²) in [6.07, 6.45) is 1.99. The smallest absolute Gasteiger partial charge is 0.416 e. The molecule has 0 bridgehead atoms. The maximum Gasteiger partial charge on any atom is 0.416 e. The Balaban J connectivity index is 1.84. The molecule has 1 aromatic rings. The summed E-state index contributed by atoms with van der Waals surface area (Å²) in [7, 11) is 0. The number of aliphatic hydroxyl groups excluding tert-OH is 3. The van der Waals surface area contributed by atoms with E-state index in [1.807, 2.05) is 12.2 Å². The predicted octanol–water partition coefficient (Wildman–Crippen LogP) is 3.65. The fourth-order valence-electron chi connectivity index (χ4n) is 3.75. The third-order valence-corrected chi connectivity index (χ3v) is 5.45. The van der Waals surface area contributed by atoms with Crippen molar-refractivity contribution in [3.63, 3.8) is 0 Å². The predicted molar refractivity (Wildman–Crippen MR) is 115 cm³/mol. The van der Waals surface area contributed by atoms with Crippen LogP contribution < -0.4 is 4.74 Å². The van der Waals surface area contributed by atoms with E-state index in [-0.39, 0.29) is 36.6 Å². The summed E-state index contributed by atoms with van der Waals surface area (Å²) >= 11 is 0. The number of carbonyl (C=O) groups excluding carboxylic acids is 1. The number of unbranched alkanes of at least 4 members (excludes halogenated alkanes) is 1. The Morgan fingerprint density at radius 3 is 2.70 bits per heavy atom. The van der Waals surface area contributed by atoms with Gasteiger partial charge in [0.2, 0.25) is 0 Å². The Kier molecular flexibility index (Phi) is 10.4. The maximum atomic E-state index is 12.8. The summed E-state index contributed by atoms with van der Waals surface area (Å²) in [5.41, 5.74) is -0.838. The second-order valence-corrected chi connectivity index (χ2v) is 8.09. The molecule has 1 aromatic carbocycles. The Hall–Kier alpha value is -2.36. The summed E-state index contributed by atoms with van der Waals surface area (Å²) in [6.45, 7) is 1.44. The molecule has 0 unspecified atom stereocenters. The molecule has 0 aliphatic heterocycles. The number of hydrogen-bond acceptors (Lipinski definition) is 6.